The van der Waals surface area contributed by atoms with Gasteiger partial charge in [-0.15, -0.1) is 0 Å². The van der Waals surface area contributed by atoms with Gasteiger partial charge in [0.25, 0.3) is 0 Å². The maximum absolute atomic E-state index is 13.0. The number of methoxy groups -OCH3 is 1. The Morgan fingerprint density at radius 3 is 2.59 bits per heavy atom. The largest absolute Gasteiger partial charge is 0.497 e. The first-order chi connectivity index (χ1) is 13.9. The molecule has 2 aliphatic heterocycles. The van der Waals surface area contributed by atoms with Gasteiger partial charge >= 0.3 is 0 Å². The van der Waals surface area contributed by atoms with Crippen molar-refractivity contribution in [1.29, 1.82) is 0 Å². The number of carbonyl (C=O) groups excluding carboxylic acids is 2. The number of aromatic nitrogens is 1. The second kappa shape index (κ2) is 7.06. The Balaban J connectivity index is 1.93. The van der Waals surface area contributed by atoms with Crippen LogP contribution in [-0.2, 0) is 22.1 Å². The molecular weight excluding hydrogens is 370 g/mol. The van der Waals surface area contributed by atoms with Crippen molar-refractivity contribution >= 4 is 22.7 Å². The van der Waals surface area contributed by atoms with Gasteiger partial charge in [-0.25, -0.2) is 0 Å². The van der Waals surface area contributed by atoms with Crippen LogP contribution < -0.4 is 4.74 Å². The molecule has 2 aliphatic rings. The Morgan fingerprint density at radius 2 is 2.00 bits per heavy atom. The first kappa shape index (κ1) is 19.8. The summed E-state index contributed by atoms with van der Waals surface area (Å²) in [6, 6.07) is 5.61. The molecule has 7 heteroatoms. The molecule has 0 aliphatic carbocycles. The number of hydrogen-bond donors (Lipinski definition) is 1. The monoisotopic (exact) mass is 399 g/mol. The molecule has 1 aromatic carbocycles. The van der Waals surface area contributed by atoms with Gasteiger partial charge in [0.1, 0.15) is 5.75 Å². The molecule has 0 bridgehead atoms. The van der Waals surface area contributed by atoms with Gasteiger partial charge in [-0.2, -0.15) is 0 Å². The summed E-state index contributed by atoms with van der Waals surface area (Å²) < 4.78 is 7.50. The fourth-order valence-electron chi connectivity index (χ4n) is 5.14. The van der Waals surface area contributed by atoms with Crippen molar-refractivity contribution in [3.63, 3.8) is 0 Å². The Kier molecular flexibility index (Phi) is 4.81. The molecule has 2 aromatic rings. The minimum atomic E-state index is -0.385. The smallest absolute Gasteiger partial charge is 0.223 e. The number of ether oxygens (including phenoxy) is 1. The molecule has 3 heterocycles. The highest BCUT2D eigenvalue weighted by Gasteiger charge is 2.54. The summed E-state index contributed by atoms with van der Waals surface area (Å²) in [6.07, 6.45) is 1.22. The van der Waals surface area contributed by atoms with Crippen LogP contribution in [0, 0.1) is 0 Å². The van der Waals surface area contributed by atoms with Crippen LogP contribution in [-0.4, -0.2) is 64.6 Å². The van der Waals surface area contributed by atoms with Crippen LogP contribution in [0.3, 0.4) is 0 Å². The molecule has 156 valence electrons. The van der Waals surface area contributed by atoms with Crippen LogP contribution in [0.2, 0.25) is 0 Å². The molecule has 1 atom stereocenters. The summed E-state index contributed by atoms with van der Waals surface area (Å²) >= 11 is 0. The average molecular weight is 399 g/mol. The highest BCUT2D eigenvalue weighted by molar-refractivity contribution is 5.90. The van der Waals surface area contributed by atoms with E-state index in [-0.39, 0.29) is 29.9 Å². The van der Waals surface area contributed by atoms with E-state index in [0.29, 0.717) is 26.1 Å². The number of amides is 2. The van der Waals surface area contributed by atoms with E-state index >= 15 is 0 Å². The fraction of sp³-hybridized carbons (Fsp3) is 0.545. The number of aryl methyl sites for hydroxylation is 1. The lowest BCUT2D eigenvalue weighted by molar-refractivity contribution is -0.144. The van der Waals surface area contributed by atoms with E-state index < -0.39 is 0 Å². The predicted molar refractivity (Wildman–Crippen MR) is 110 cm³/mol. The molecular formula is C22H29N3O4. The molecule has 1 N–H and O–H groups in total. The van der Waals surface area contributed by atoms with Gasteiger partial charge in [-0.3, -0.25) is 9.59 Å². The van der Waals surface area contributed by atoms with Gasteiger partial charge in [0, 0.05) is 57.2 Å². The average Bonchev–Trinajstić information content (AvgIpc) is 2.97. The number of aliphatic hydroxyl groups excluding tert-OH is 1. The highest BCUT2D eigenvalue weighted by Crippen LogP contribution is 2.49. The van der Waals surface area contributed by atoms with E-state index in [9.17, 15) is 14.7 Å². The standard InChI is InChI=1S/C22H29N3O4/c1-5-6-19(28)25-13-22(11-24(12-22)14(2)27)20-16-8-7-15(29-4)9-17(16)23(3)21(20)18(25)10-26/h7-9,18,26H,5-6,10-13H2,1-4H3/t18-/m1/s1. The molecule has 29 heavy (non-hydrogen) atoms. The first-order valence-electron chi connectivity index (χ1n) is 10.2. The molecule has 1 saturated heterocycles. The normalized spacial score (nSPS) is 20.0. The summed E-state index contributed by atoms with van der Waals surface area (Å²) in [5, 5.41) is 11.4. The van der Waals surface area contributed by atoms with Gasteiger partial charge in [0.15, 0.2) is 0 Å². The lowest BCUT2D eigenvalue weighted by atomic mass is 9.68. The zero-order valence-electron chi connectivity index (χ0n) is 17.6. The molecule has 0 saturated carbocycles. The highest BCUT2D eigenvalue weighted by atomic mass is 16.5. The van der Waals surface area contributed by atoms with Crippen LogP contribution >= 0.6 is 0 Å². The summed E-state index contributed by atoms with van der Waals surface area (Å²) in [5.41, 5.74) is 2.84. The number of aliphatic hydroxyl groups is 1. The molecule has 4 rings (SSSR count). The lowest BCUT2D eigenvalue weighted by Gasteiger charge is -2.56. The fourth-order valence-corrected chi connectivity index (χ4v) is 5.14. The van der Waals surface area contributed by atoms with Crippen molar-refractivity contribution < 1.29 is 19.4 Å². The second-order valence-electron chi connectivity index (χ2n) is 8.33. The van der Waals surface area contributed by atoms with Crippen molar-refractivity contribution in [1.82, 2.24) is 14.4 Å². The third kappa shape index (κ3) is 2.82. The topological polar surface area (TPSA) is 75.0 Å². The van der Waals surface area contributed by atoms with E-state index in [1.54, 1.807) is 14.0 Å². The number of likely N-dealkylation sites (tertiary alicyclic amines) is 1. The van der Waals surface area contributed by atoms with Gasteiger partial charge in [0.2, 0.25) is 11.8 Å². The maximum Gasteiger partial charge on any atom is 0.223 e. The van der Waals surface area contributed by atoms with Gasteiger partial charge in [-0.05, 0) is 24.1 Å². The van der Waals surface area contributed by atoms with Crippen molar-refractivity contribution in [2.24, 2.45) is 7.05 Å². The number of benzene rings is 1. The Hall–Kier alpha value is -2.54. The Morgan fingerprint density at radius 1 is 1.28 bits per heavy atom. The lowest BCUT2D eigenvalue weighted by Crippen LogP contribution is -2.68. The Bertz CT molecular complexity index is 974. The van der Waals surface area contributed by atoms with E-state index in [1.807, 2.05) is 35.9 Å². The number of carbonyl (C=O) groups is 2. The number of fused-ring (bicyclic) bond motifs is 4. The summed E-state index contributed by atoms with van der Waals surface area (Å²) in [4.78, 5) is 28.6. The van der Waals surface area contributed by atoms with Crippen LogP contribution in [0.25, 0.3) is 10.9 Å². The number of nitrogens with zero attached hydrogens (tertiary/aromatic N) is 3. The van der Waals surface area contributed by atoms with Crippen molar-refractivity contribution in [3.05, 3.63) is 29.5 Å². The molecule has 1 spiro atoms. The molecule has 1 fully saturated rings. The van der Waals surface area contributed by atoms with Gasteiger partial charge < -0.3 is 24.2 Å². The van der Waals surface area contributed by atoms with Crippen LogP contribution in [0.4, 0.5) is 0 Å². The van der Waals surface area contributed by atoms with Crippen LogP contribution in [0.5, 0.6) is 5.75 Å². The second-order valence-corrected chi connectivity index (χ2v) is 8.33. The zero-order chi connectivity index (χ0) is 20.9. The summed E-state index contributed by atoms with van der Waals surface area (Å²) in [7, 11) is 3.62. The van der Waals surface area contributed by atoms with Gasteiger partial charge in [-0.1, -0.05) is 6.92 Å². The van der Waals surface area contributed by atoms with Crippen LogP contribution in [0.1, 0.15) is 44.0 Å². The molecule has 7 nitrogen and oxygen atoms in total. The third-order valence-corrected chi connectivity index (χ3v) is 6.54. The van der Waals surface area contributed by atoms with E-state index in [2.05, 4.69) is 10.6 Å². The van der Waals surface area contributed by atoms with E-state index in [0.717, 1.165) is 34.3 Å². The maximum atomic E-state index is 13.0. The Labute approximate surface area is 170 Å². The predicted octanol–water partition coefficient (Wildman–Crippen LogP) is 1.96. The molecule has 0 radical (unpaired) electrons. The molecule has 0 unspecified atom stereocenters. The summed E-state index contributed by atoms with van der Waals surface area (Å²) in [6.45, 7) is 5.15. The third-order valence-electron chi connectivity index (χ3n) is 6.54. The summed E-state index contributed by atoms with van der Waals surface area (Å²) in [5.74, 6) is 0.874. The van der Waals surface area contributed by atoms with Crippen molar-refractivity contribution in [2.45, 2.75) is 38.1 Å². The molecule has 1 aromatic heterocycles. The number of rotatable bonds is 4. The first-order valence-corrected chi connectivity index (χ1v) is 10.2. The SMILES string of the molecule is CCCC(=O)N1CC2(CN(C(C)=O)C2)c2c(n(C)c3cc(OC)ccc23)[C@H]1CO. The van der Waals surface area contributed by atoms with E-state index in [1.165, 1.54) is 0 Å². The van der Waals surface area contributed by atoms with Crippen molar-refractivity contribution in [3.8, 4) is 5.75 Å². The minimum absolute atomic E-state index is 0.0507. The molecule has 2 amide bonds. The minimum Gasteiger partial charge on any atom is -0.497 e. The quantitative estimate of drug-likeness (QED) is 0.853. The van der Waals surface area contributed by atoms with Gasteiger partial charge in [0.05, 0.1) is 30.7 Å². The van der Waals surface area contributed by atoms with Crippen molar-refractivity contribution in [2.75, 3.05) is 33.4 Å². The number of hydrogen-bond acceptors (Lipinski definition) is 4. The van der Waals surface area contributed by atoms with Crippen LogP contribution in [0.15, 0.2) is 18.2 Å². The zero-order valence-corrected chi connectivity index (χ0v) is 17.6. The van der Waals surface area contributed by atoms with E-state index in [4.69, 9.17) is 4.74 Å².